The van der Waals surface area contributed by atoms with Crippen molar-refractivity contribution in [2.75, 3.05) is 19.5 Å². The number of ether oxygens (including phenoxy) is 2. The first-order valence-corrected chi connectivity index (χ1v) is 10.7. The summed E-state index contributed by atoms with van der Waals surface area (Å²) >= 11 is 1.53. The highest BCUT2D eigenvalue weighted by Gasteiger charge is 2.11. The normalized spacial score (nSPS) is 10.7. The molecule has 0 fully saturated rings. The summed E-state index contributed by atoms with van der Waals surface area (Å²) in [6.45, 7) is 2.55. The van der Waals surface area contributed by atoms with Gasteiger partial charge < -0.3 is 13.9 Å². The van der Waals surface area contributed by atoms with Crippen LogP contribution < -0.4 is 4.74 Å². The summed E-state index contributed by atoms with van der Waals surface area (Å²) in [4.78, 5) is 15.8. The second-order valence-electron chi connectivity index (χ2n) is 6.56. The number of hydrogen-bond donors (Lipinski definition) is 0. The van der Waals surface area contributed by atoms with Crippen LogP contribution in [0.15, 0.2) is 59.0 Å². The summed E-state index contributed by atoms with van der Waals surface area (Å²) in [5.41, 5.74) is 3.08. The Morgan fingerprint density at radius 1 is 1.14 bits per heavy atom. The van der Waals surface area contributed by atoms with Crippen molar-refractivity contribution in [1.29, 1.82) is 0 Å². The van der Waals surface area contributed by atoms with E-state index in [0.29, 0.717) is 18.3 Å². The third-order valence-corrected chi connectivity index (χ3v) is 5.33. The number of rotatable bonds is 10. The number of thioether (sulfide) groups is 1. The third kappa shape index (κ3) is 6.39. The van der Waals surface area contributed by atoms with Crippen LogP contribution in [-0.2, 0) is 21.7 Å². The van der Waals surface area contributed by atoms with Crippen molar-refractivity contribution in [2.24, 2.45) is 0 Å². The molecule has 0 aliphatic heterocycles. The first-order chi connectivity index (χ1) is 14.2. The Morgan fingerprint density at radius 3 is 2.76 bits per heavy atom. The zero-order valence-electron chi connectivity index (χ0n) is 16.7. The van der Waals surface area contributed by atoms with Gasteiger partial charge in [0.25, 0.3) is 0 Å². The number of oxazole rings is 1. The Labute approximate surface area is 175 Å². The number of carbonyl (C=O) groups excluding carboxylic acids is 1. The zero-order chi connectivity index (χ0) is 20.5. The van der Waals surface area contributed by atoms with Crippen LogP contribution >= 0.6 is 11.8 Å². The maximum atomic E-state index is 11.2. The van der Waals surface area contributed by atoms with Crippen molar-refractivity contribution in [2.45, 2.75) is 25.5 Å². The van der Waals surface area contributed by atoms with Crippen molar-refractivity contribution in [3.8, 4) is 17.2 Å². The molecule has 0 atom stereocenters. The Bertz CT molecular complexity index is 924. The molecule has 152 valence electrons. The predicted octanol–water partition coefficient (Wildman–Crippen LogP) is 5.07. The number of aromatic nitrogens is 1. The molecule has 3 aromatic rings. The molecule has 6 heteroatoms. The molecule has 3 rings (SSSR count). The van der Waals surface area contributed by atoms with Crippen LogP contribution in [0.25, 0.3) is 11.5 Å². The molecule has 0 amide bonds. The maximum Gasteiger partial charge on any atom is 0.315 e. The standard InChI is InChI=1S/C23H25NO4S/c1-17-21(24-23(28-17)19-9-4-3-5-10-19)12-7-13-27-20-11-6-8-18(14-20)15-29-16-22(25)26-2/h3-6,8-11,14H,7,12-13,15-16H2,1-2H3. The number of nitrogens with zero attached hydrogens (tertiary/aromatic N) is 1. The van der Waals surface area contributed by atoms with E-state index in [2.05, 4.69) is 9.72 Å². The van der Waals surface area contributed by atoms with Gasteiger partial charge in [-0.25, -0.2) is 4.98 Å². The largest absolute Gasteiger partial charge is 0.494 e. The summed E-state index contributed by atoms with van der Waals surface area (Å²) < 4.78 is 16.3. The minimum absolute atomic E-state index is 0.207. The van der Waals surface area contributed by atoms with E-state index < -0.39 is 0 Å². The van der Waals surface area contributed by atoms with Gasteiger partial charge in [-0.1, -0.05) is 30.3 Å². The van der Waals surface area contributed by atoms with E-state index in [1.165, 1.54) is 18.9 Å². The van der Waals surface area contributed by atoms with E-state index in [0.717, 1.165) is 46.9 Å². The molecule has 29 heavy (non-hydrogen) atoms. The Morgan fingerprint density at radius 2 is 1.97 bits per heavy atom. The molecule has 0 radical (unpaired) electrons. The lowest BCUT2D eigenvalue weighted by Crippen LogP contribution is -2.03. The van der Waals surface area contributed by atoms with E-state index in [1.807, 2.05) is 61.5 Å². The topological polar surface area (TPSA) is 61.6 Å². The number of hydrogen-bond acceptors (Lipinski definition) is 6. The van der Waals surface area contributed by atoms with E-state index in [4.69, 9.17) is 9.15 Å². The molecule has 1 aromatic heterocycles. The highest BCUT2D eigenvalue weighted by molar-refractivity contribution is 7.99. The van der Waals surface area contributed by atoms with Gasteiger partial charge in [0.15, 0.2) is 0 Å². The third-order valence-electron chi connectivity index (χ3n) is 4.35. The van der Waals surface area contributed by atoms with Gasteiger partial charge in [-0.15, -0.1) is 11.8 Å². The van der Waals surface area contributed by atoms with E-state index in [-0.39, 0.29) is 5.97 Å². The first kappa shape index (κ1) is 21.0. The number of aryl methyl sites for hydroxylation is 2. The maximum absolute atomic E-state index is 11.2. The molecular weight excluding hydrogens is 386 g/mol. The smallest absolute Gasteiger partial charge is 0.315 e. The fraction of sp³-hybridized carbons (Fsp3) is 0.304. The molecule has 1 heterocycles. The lowest BCUT2D eigenvalue weighted by molar-refractivity contribution is -0.137. The van der Waals surface area contributed by atoms with E-state index >= 15 is 0 Å². The van der Waals surface area contributed by atoms with Gasteiger partial charge >= 0.3 is 5.97 Å². The van der Waals surface area contributed by atoms with Crippen LogP contribution in [0, 0.1) is 6.92 Å². The summed E-state index contributed by atoms with van der Waals surface area (Å²) in [6, 6.07) is 17.9. The van der Waals surface area contributed by atoms with Crippen molar-refractivity contribution in [3.05, 3.63) is 71.6 Å². The summed E-state index contributed by atoms with van der Waals surface area (Å²) in [5, 5.41) is 0. The molecular formula is C23H25NO4S. The lowest BCUT2D eigenvalue weighted by Gasteiger charge is -2.08. The quantitative estimate of drug-likeness (QED) is 0.343. The van der Waals surface area contributed by atoms with Gasteiger partial charge in [0.1, 0.15) is 11.5 Å². The van der Waals surface area contributed by atoms with Crippen LogP contribution in [0.5, 0.6) is 5.75 Å². The van der Waals surface area contributed by atoms with Crippen LogP contribution in [-0.4, -0.2) is 30.4 Å². The van der Waals surface area contributed by atoms with Gasteiger partial charge in [-0.2, -0.15) is 0 Å². The average Bonchev–Trinajstić information content (AvgIpc) is 3.12. The Balaban J connectivity index is 1.45. The Hall–Kier alpha value is -2.73. The highest BCUT2D eigenvalue weighted by Crippen LogP contribution is 2.22. The molecule has 0 unspecified atom stereocenters. The van der Waals surface area contributed by atoms with Gasteiger partial charge in [0, 0.05) is 11.3 Å². The van der Waals surface area contributed by atoms with Gasteiger partial charge in [-0.05, 0) is 49.6 Å². The number of esters is 1. The number of carbonyl (C=O) groups is 1. The molecule has 5 nitrogen and oxygen atoms in total. The monoisotopic (exact) mass is 411 g/mol. The summed E-state index contributed by atoms with van der Waals surface area (Å²) in [5.74, 6) is 3.24. The van der Waals surface area contributed by atoms with Gasteiger partial charge in [-0.3, -0.25) is 4.79 Å². The van der Waals surface area contributed by atoms with Crippen molar-refractivity contribution in [1.82, 2.24) is 4.98 Å². The molecule has 0 aliphatic rings. The van der Waals surface area contributed by atoms with Crippen LogP contribution in [0.3, 0.4) is 0 Å². The molecule has 0 bridgehead atoms. The van der Waals surface area contributed by atoms with E-state index in [9.17, 15) is 4.79 Å². The molecule has 2 aromatic carbocycles. The highest BCUT2D eigenvalue weighted by atomic mass is 32.2. The number of methoxy groups -OCH3 is 1. The molecule has 0 spiro atoms. The minimum atomic E-state index is -0.207. The summed E-state index contributed by atoms with van der Waals surface area (Å²) in [6.07, 6.45) is 1.65. The van der Waals surface area contributed by atoms with Crippen LogP contribution in [0.4, 0.5) is 0 Å². The van der Waals surface area contributed by atoms with Crippen molar-refractivity contribution < 1.29 is 18.7 Å². The van der Waals surface area contributed by atoms with Crippen LogP contribution in [0.1, 0.15) is 23.4 Å². The van der Waals surface area contributed by atoms with Gasteiger partial charge in [0.05, 0.1) is 25.2 Å². The van der Waals surface area contributed by atoms with Crippen molar-refractivity contribution in [3.63, 3.8) is 0 Å². The first-order valence-electron chi connectivity index (χ1n) is 9.53. The predicted molar refractivity (Wildman–Crippen MR) is 115 cm³/mol. The molecule has 0 N–H and O–H groups in total. The second-order valence-corrected chi connectivity index (χ2v) is 7.54. The van der Waals surface area contributed by atoms with Gasteiger partial charge in [0.2, 0.25) is 5.89 Å². The zero-order valence-corrected chi connectivity index (χ0v) is 17.5. The molecule has 0 saturated carbocycles. The fourth-order valence-electron chi connectivity index (χ4n) is 2.83. The van der Waals surface area contributed by atoms with Crippen molar-refractivity contribution >= 4 is 17.7 Å². The SMILES string of the molecule is COC(=O)CSCc1cccc(OCCCc2nc(-c3ccccc3)oc2C)c1. The molecule has 0 saturated heterocycles. The molecule has 0 aliphatic carbocycles. The second kappa shape index (κ2) is 10.7. The van der Waals surface area contributed by atoms with E-state index in [1.54, 1.807) is 0 Å². The fourth-order valence-corrected chi connectivity index (χ4v) is 3.63. The lowest BCUT2D eigenvalue weighted by atomic mass is 10.2. The minimum Gasteiger partial charge on any atom is -0.494 e. The number of benzene rings is 2. The summed E-state index contributed by atoms with van der Waals surface area (Å²) in [7, 11) is 1.40. The van der Waals surface area contributed by atoms with Crippen LogP contribution in [0.2, 0.25) is 0 Å². The average molecular weight is 412 g/mol. The Kier molecular flexibility index (Phi) is 7.76.